The number of likely N-dealkylation sites (N-methyl/N-ethyl adjacent to an activating group) is 1. The molecule has 14 heavy (non-hydrogen) atoms. The summed E-state index contributed by atoms with van der Waals surface area (Å²) < 4.78 is 2.02. The molecule has 0 bridgehead atoms. The Morgan fingerprint density at radius 1 is 1.64 bits per heavy atom. The quantitative estimate of drug-likeness (QED) is 0.626. The third-order valence-electron chi connectivity index (χ3n) is 2.69. The fourth-order valence-electron chi connectivity index (χ4n) is 1.75. The molecule has 2 N–H and O–H groups in total. The van der Waals surface area contributed by atoms with Crippen LogP contribution in [0.5, 0.6) is 0 Å². The van der Waals surface area contributed by atoms with Gasteiger partial charge in [0.25, 0.3) is 0 Å². The first-order valence-corrected chi connectivity index (χ1v) is 4.66. The average molecular weight is 194 g/mol. The lowest BCUT2D eigenvalue weighted by atomic mass is 10.2. The molecule has 0 fully saturated rings. The number of nitrogens with two attached hydrogens (primary N) is 1. The van der Waals surface area contributed by atoms with Crippen LogP contribution in [-0.2, 0) is 11.3 Å². The number of amides is 1. The molecule has 5 nitrogen and oxygen atoms in total. The van der Waals surface area contributed by atoms with Crippen molar-refractivity contribution in [3.05, 3.63) is 12.0 Å². The number of anilines is 1. The topological polar surface area (TPSA) is 64.2 Å². The number of rotatable bonds is 0. The van der Waals surface area contributed by atoms with Crippen LogP contribution in [-0.4, -0.2) is 28.5 Å². The van der Waals surface area contributed by atoms with Crippen LogP contribution in [0.4, 0.5) is 5.82 Å². The molecule has 76 valence electrons. The van der Waals surface area contributed by atoms with E-state index in [1.807, 2.05) is 11.5 Å². The number of hydrogen-bond acceptors (Lipinski definition) is 3. The number of carbonyl (C=O) groups excluding carboxylic acids is 1. The van der Waals surface area contributed by atoms with E-state index in [1.54, 1.807) is 18.1 Å². The van der Waals surface area contributed by atoms with Crippen LogP contribution >= 0.6 is 0 Å². The van der Waals surface area contributed by atoms with Crippen molar-refractivity contribution >= 4 is 11.7 Å². The van der Waals surface area contributed by atoms with E-state index in [0.29, 0.717) is 6.42 Å². The molecule has 5 heteroatoms. The minimum Gasteiger partial charge on any atom is -0.320 e. The van der Waals surface area contributed by atoms with Gasteiger partial charge in [0.05, 0.1) is 12.2 Å². The normalized spacial score (nSPS) is 22.1. The zero-order valence-electron chi connectivity index (χ0n) is 8.40. The van der Waals surface area contributed by atoms with Crippen molar-refractivity contribution in [3.8, 4) is 0 Å². The summed E-state index contributed by atoms with van der Waals surface area (Å²) in [6.07, 6.45) is 2.39. The van der Waals surface area contributed by atoms with E-state index in [9.17, 15) is 4.79 Å². The minimum absolute atomic E-state index is 0.0383. The number of aromatic nitrogens is 2. The highest BCUT2D eigenvalue weighted by Gasteiger charge is 2.26. The summed E-state index contributed by atoms with van der Waals surface area (Å²) >= 11 is 0. The van der Waals surface area contributed by atoms with Gasteiger partial charge in [0.15, 0.2) is 0 Å². The molecule has 1 atom stereocenters. The average Bonchev–Trinajstić information content (AvgIpc) is 2.49. The van der Waals surface area contributed by atoms with E-state index in [2.05, 4.69) is 4.98 Å². The molecule has 0 radical (unpaired) electrons. The monoisotopic (exact) mass is 194 g/mol. The van der Waals surface area contributed by atoms with Crippen molar-refractivity contribution in [2.24, 2.45) is 5.73 Å². The summed E-state index contributed by atoms with van der Waals surface area (Å²) in [5, 5.41) is 0. The van der Waals surface area contributed by atoms with Crippen LogP contribution in [0.15, 0.2) is 6.20 Å². The van der Waals surface area contributed by atoms with Crippen molar-refractivity contribution in [2.45, 2.75) is 25.9 Å². The van der Waals surface area contributed by atoms with Crippen molar-refractivity contribution < 1.29 is 4.79 Å². The Kier molecular flexibility index (Phi) is 2.03. The van der Waals surface area contributed by atoms with Crippen molar-refractivity contribution in [1.82, 2.24) is 9.55 Å². The molecule has 1 aromatic heterocycles. The Hall–Kier alpha value is -1.36. The Balaban J connectivity index is 2.45. The van der Waals surface area contributed by atoms with Gasteiger partial charge in [-0.3, -0.25) is 9.69 Å². The van der Waals surface area contributed by atoms with Gasteiger partial charge in [0.1, 0.15) is 11.6 Å². The summed E-state index contributed by atoms with van der Waals surface area (Å²) in [5.74, 6) is 1.72. The number of carbonyl (C=O) groups is 1. The molecule has 1 aromatic rings. The van der Waals surface area contributed by atoms with E-state index >= 15 is 0 Å². The Bertz CT molecular complexity index is 371. The van der Waals surface area contributed by atoms with Gasteiger partial charge in [0.2, 0.25) is 5.91 Å². The standard InChI is InChI=1S/C9H14N4O/c1-6-11-5-8-12(2)9(14)7(10)3-4-13(6)8/h5,7H,3-4,10H2,1-2H3. The third kappa shape index (κ3) is 1.21. The summed E-state index contributed by atoms with van der Waals surface area (Å²) in [7, 11) is 1.74. The van der Waals surface area contributed by atoms with Crippen LogP contribution in [0.2, 0.25) is 0 Å². The van der Waals surface area contributed by atoms with Crippen LogP contribution in [0, 0.1) is 6.92 Å². The smallest absolute Gasteiger partial charge is 0.244 e. The Morgan fingerprint density at radius 3 is 3.07 bits per heavy atom. The van der Waals surface area contributed by atoms with Crippen molar-refractivity contribution in [3.63, 3.8) is 0 Å². The number of imidazole rings is 1. The maximum Gasteiger partial charge on any atom is 0.244 e. The molecule has 1 unspecified atom stereocenters. The largest absolute Gasteiger partial charge is 0.320 e. The molecule has 0 saturated carbocycles. The Morgan fingerprint density at radius 2 is 2.36 bits per heavy atom. The third-order valence-corrected chi connectivity index (χ3v) is 2.69. The number of fused-ring (bicyclic) bond motifs is 1. The number of hydrogen-bond donors (Lipinski definition) is 1. The minimum atomic E-state index is -0.390. The van der Waals surface area contributed by atoms with Crippen LogP contribution in [0.25, 0.3) is 0 Å². The molecule has 0 spiro atoms. The SMILES string of the molecule is Cc1ncc2n1CCC(N)C(=O)N2C. The first-order valence-electron chi connectivity index (χ1n) is 4.66. The van der Waals surface area contributed by atoms with Gasteiger partial charge in [-0.2, -0.15) is 0 Å². The molecule has 2 rings (SSSR count). The summed E-state index contributed by atoms with van der Waals surface area (Å²) in [6.45, 7) is 2.69. The molecular formula is C9H14N4O. The molecular weight excluding hydrogens is 180 g/mol. The van der Waals surface area contributed by atoms with Gasteiger partial charge in [0, 0.05) is 13.6 Å². The zero-order chi connectivity index (χ0) is 10.3. The molecule has 0 aromatic carbocycles. The number of aryl methyl sites for hydroxylation is 1. The number of nitrogens with zero attached hydrogens (tertiary/aromatic N) is 3. The van der Waals surface area contributed by atoms with Gasteiger partial charge in [-0.15, -0.1) is 0 Å². The van der Waals surface area contributed by atoms with Gasteiger partial charge >= 0.3 is 0 Å². The maximum absolute atomic E-state index is 11.7. The van der Waals surface area contributed by atoms with Crippen molar-refractivity contribution in [2.75, 3.05) is 11.9 Å². The lowest BCUT2D eigenvalue weighted by molar-refractivity contribution is -0.119. The summed E-state index contributed by atoms with van der Waals surface area (Å²) in [4.78, 5) is 17.4. The first kappa shape index (κ1) is 9.21. The van der Waals surface area contributed by atoms with Crippen molar-refractivity contribution in [1.29, 1.82) is 0 Å². The Labute approximate surface area is 82.5 Å². The molecule has 1 aliphatic heterocycles. The van der Waals surface area contributed by atoms with Gasteiger partial charge < -0.3 is 10.3 Å². The maximum atomic E-state index is 11.7. The molecule has 1 aliphatic rings. The zero-order valence-corrected chi connectivity index (χ0v) is 8.40. The van der Waals surface area contributed by atoms with Crippen LogP contribution in [0.1, 0.15) is 12.2 Å². The van der Waals surface area contributed by atoms with E-state index in [1.165, 1.54) is 0 Å². The highest BCUT2D eigenvalue weighted by molar-refractivity contribution is 5.96. The fraction of sp³-hybridized carbons (Fsp3) is 0.556. The molecule has 1 amide bonds. The van der Waals surface area contributed by atoms with Gasteiger partial charge in [-0.25, -0.2) is 4.98 Å². The second-order valence-corrected chi connectivity index (χ2v) is 3.61. The van der Waals surface area contributed by atoms with E-state index in [0.717, 1.165) is 18.2 Å². The summed E-state index contributed by atoms with van der Waals surface area (Å²) in [6, 6.07) is -0.390. The van der Waals surface area contributed by atoms with E-state index < -0.39 is 0 Å². The fourth-order valence-corrected chi connectivity index (χ4v) is 1.75. The van der Waals surface area contributed by atoms with Crippen LogP contribution < -0.4 is 10.6 Å². The van der Waals surface area contributed by atoms with E-state index in [-0.39, 0.29) is 11.9 Å². The van der Waals surface area contributed by atoms with Gasteiger partial charge in [-0.1, -0.05) is 0 Å². The highest BCUT2D eigenvalue weighted by Crippen LogP contribution is 2.20. The predicted molar refractivity (Wildman–Crippen MR) is 53.0 cm³/mol. The molecule has 2 heterocycles. The first-order chi connectivity index (χ1) is 6.61. The van der Waals surface area contributed by atoms with Crippen LogP contribution in [0.3, 0.4) is 0 Å². The summed E-state index contributed by atoms with van der Waals surface area (Å²) in [5.41, 5.74) is 5.73. The molecule has 0 saturated heterocycles. The lowest BCUT2D eigenvalue weighted by Gasteiger charge is -2.16. The highest BCUT2D eigenvalue weighted by atomic mass is 16.2. The van der Waals surface area contributed by atoms with Gasteiger partial charge in [-0.05, 0) is 13.3 Å². The molecule has 0 aliphatic carbocycles. The second-order valence-electron chi connectivity index (χ2n) is 3.61. The van der Waals surface area contributed by atoms with E-state index in [4.69, 9.17) is 5.73 Å². The second kappa shape index (κ2) is 3.09. The lowest BCUT2D eigenvalue weighted by Crippen LogP contribution is -2.40. The predicted octanol–water partition coefficient (Wildman–Crippen LogP) is -0.115.